The highest BCUT2D eigenvalue weighted by Gasteiger charge is 2.20. The van der Waals surface area contributed by atoms with Gasteiger partial charge in [0.05, 0.1) is 9.80 Å². The fraction of sp³-hybridized carbons (Fsp3) is 0. The summed E-state index contributed by atoms with van der Waals surface area (Å²) >= 11 is 0. The van der Waals surface area contributed by atoms with E-state index in [2.05, 4.69) is 175 Å². The average Bonchev–Trinajstić information content (AvgIpc) is 3.36. The van der Waals surface area contributed by atoms with E-state index in [0.29, 0.717) is 16.8 Å². The van der Waals surface area contributed by atoms with E-state index in [1.54, 1.807) is 0 Å². The van der Waals surface area contributed by atoms with Crippen molar-refractivity contribution in [3.8, 4) is 55.6 Å². The summed E-state index contributed by atoms with van der Waals surface area (Å²) in [6.07, 6.45) is 0. The summed E-state index contributed by atoms with van der Waals surface area (Å²) in [4.78, 5) is 2.06. The maximum Gasteiger partial charge on any atom is 0.0645 e. The molecule has 1 nitrogen and oxygen atoms in total. The molecule has 0 fully saturated rings. The van der Waals surface area contributed by atoms with Crippen molar-refractivity contribution in [2.75, 3.05) is 4.90 Å². The molecular weight excluding hydrogens is 735 g/mol. The van der Waals surface area contributed by atoms with Gasteiger partial charge in [-0.25, -0.2) is 0 Å². The molecule has 0 radical (unpaired) electrons. The lowest BCUT2D eigenvalue weighted by Gasteiger charge is -2.29. The van der Waals surface area contributed by atoms with E-state index in [4.69, 9.17) is 0 Å². The molecule has 11 aromatic carbocycles. The first-order chi connectivity index (χ1) is 31.5. The normalized spacial score (nSPS) is 12.0. The van der Waals surface area contributed by atoms with Gasteiger partial charge in [-0.15, -0.1) is 0 Å². The molecule has 11 aromatic rings. The van der Waals surface area contributed by atoms with Crippen LogP contribution >= 0.6 is 0 Å². The van der Waals surface area contributed by atoms with E-state index in [0.717, 1.165) is 50.3 Å². The number of fused-ring (bicyclic) bond motifs is 4. The van der Waals surface area contributed by atoms with Crippen molar-refractivity contribution in [2.45, 2.75) is 0 Å². The van der Waals surface area contributed by atoms with Crippen molar-refractivity contribution in [1.29, 1.82) is 0 Å². The predicted molar refractivity (Wildman–Crippen MR) is 261 cm³/mol. The van der Waals surface area contributed by atoms with Crippen LogP contribution in [0, 0.1) is 0 Å². The Hall–Kier alpha value is -8.00. The number of benzene rings is 11. The zero-order chi connectivity index (χ0) is 43.1. The van der Waals surface area contributed by atoms with Gasteiger partial charge in [0.15, 0.2) is 0 Å². The van der Waals surface area contributed by atoms with Gasteiger partial charge in [-0.2, -0.15) is 0 Å². The monoisotopic (exact) mass is 778 g/mol. The Kier molecular flexibility index (Phi) is 8.43. The molecule has 1 heteroatoms. The third-order valence-corrected chi connectivity index (χ3v) is 11.8. The van der Waals surface area contributed by atoms with Crippen molar-refractivity contribution in [2.24, 2.45) is 0 Å². The summed E-state index contributed by atoms with van der Waals surface area (Å²) in [5, 5.41) is 7.23. The molecule has 0 N–H and O–H groups in total. The minimum absolute atomic E-state index is 0.0106. The summed E-state index contributed by atoms with van der Waals surface area (Å²) < 4.78 is 29.3. The van der Waals surface area contributed by atoms with Crippen LogP contribution in [0.3, 0.4) is 0 Å². The molecule has 0 aliphatic carbocycles. The average molecular weight is 779 g/mol. The van der Waals surface area contributed by atoms with Crippen LogP contribution in [0.15, 0.2) is 249 Å². The Balaban J connectivity index is 1.10. The van der Waals surface area contributed by atoms with Crippen LogP contribution in [0.25, 0.3) is 88.0 Å². The third kappa shape index (κ3) is 6.83. The highest BCUT2D eigenvalue weighted by atomic mass is 15.1. The molecular formula is C60H41N. The minimum atomic E-state index is 0.0106. The summed E-state index contributed by atoms with van der Waals surface area (Å²) in [7, 11) is 0. The van der Waals surface area contributed by atoms with E-state index >= 15 is 0 Å². The van der Waals surface area contributed by atoms with Gasteiger partial charge in [-0.05, 0) is 125 Å². The van der Waals surface area contributed by atoms with E-state index in [-0.39, 0.29) is 18.1 Å². The topological polar surface area (TPSA) is 3.24 Å². The zero-order valence-electron chi connectivity index (χ0n) is 36.4. The predicted octanol–water partition coefficient (Wildman–Crippen LogP) is 17.0. The SMILES string of the molecule is [2H]c1c([2H])c(N(c2ccc(-c3ccc4c(ccc5ccccc54)c3)cc2)c2ccc(-c3ccc4ccccc4c3-c3ccccc3)cc2)c(-c2ccccc2)c([2H])c1-c1ccccc1. The second kappa shape index (κ2) is 15.6. The molecule has 0 aromatic heterocycles. The molecule has 0 saturated heterocycles. The van der Waals surface area contributed by atoms with Gasteiger partial charge in [0.25, 0.3) is 0 Å². The van der Waals surface area contributed by atoms with E-state index in [9.17, 15) is 4.11 Å². The third-order valence-electron chi connectivity index (χ3n) is 11.8. The van der Waals surface area contributed by atoms with Crippen LogP contribution in [0.5, 0.6) is 0 Å². The minimum Gasteiger partial charge on any atom is -0.310 e. The molecule has 0 saturated carbocycles. The van der Waals surface area contributed by atoms with Gasteiger partial charge >= 0.3 is 0 Å². The largest absolute Gasteiger partial charge is 0.310 e. The molecule has 0 atom stereocenters. The highest BCUT2D eigenvalue weighted by Crippen LogP contribution is 2.45. The van der Waals surface area contributed by atoms with Crippen molar-refractivity contribution >= 4 is 49.4 Å². The lowest BCUT2D eigenvalue weighted by molar-refractivity contribution is 1.28. The maximum atomic E-state index is 9.88. The van der Waals surface area contributed by atoms with Crippen LogP contribution in [-0.4, -0.2) is 0 Å². The standard InChI is InChI=1S/C60H41N/c1-4-14-42(15-5-1)50-32-39-59(58(41-50)44-16-6-2-7-17-44)61(52-33-26-43(27-34-52)49-31-37-55-51(40-49)25-24-45-18-10-12-22-54(45)55)53-35-28-47(29-36-53)57-38-30-46-19-11-13-23-56(46)60(57)48-20-8-3-9-21-48/h1-41H/i32D,39D,41D. The molecule has 0 heterocycles. The molecule has 0 aliphatic heterocycles. The second-order valence-corrected chi connectivity index (χ2v) is 15.4. The van der Waals surface area contributed by atoms with Gasteiger partial charge < -0.3 is 4.90 Å². The summed E-state index contributed by atoms with van der Waals surface area (Å²) in [6.45, 7) is 0. The quantitative estimate of drug-likeness (QED) is 0.139. The van der Waals surface area contributed by atoms with E-state index < -0.39 is 0 Å². The first-order valence-electron chi connectivity index (χ1n) is 22.3. The van der Waals surface area contributed by atoms with Gasteiger partial charge in [0.2, 0.25) is 0 Å². The number of nitrogens with zero attached hydrogens (tertiary/aromatic N) is 1. The molecule has 286 valence electrons. The molecule has 0 spiro atoms. The Labute approximate surface area is 361 Å². The van der Waals surface area contributed by atoms with Gasteiger partial charge in [-0.3, -0.25) is 0 Å². The molecule has 0 aliphatic rings. The maximum absolute atomic E-state index is 9.88. The Morgan fingerprint density at radius 2 is 0.770 bits per heavy atom. The Bertz CT molecular complexity index is 3500. The summed E-state index contributed by atoms with van der Waals surface area (Å²) in [5.41, 5.74) is 11.4. The smallest absolute Gasteiger partial charge is 0.0645 e. The highest BCUT2D eigenvalue weighted by molar-refractivity contribution is 6.08. The molecule has 11 rings (SSSR count). The lowest BCUT2D eigenvalue weighted by Crippen LogP contribution is -2.11. The van der Waals surface area contributed by atoms with Crippen molar-refractivity contribution in [3.63, 3.8) is 0 Å². The van der Waals surface area contributed by atoms with Crippen LogP contribution in [0.4, 0.5) is 17.1 Å². The lowest BCUT2D eigenvalue weighted by atomic mass is 9.89. The Morgan fingerprint density at radius 3 is 1.46 bits per heavy atom. The van der Waals surface area contributed by atoms with Crippen LogP contribution in [-0.2, 0) is 0 Å². The molecule has 0 unspecified atom stereocenters. The van der Waals surface area contributed by atoms with Gasteiger partial charge in [0.1, 0.15) is 0 Å². The van der Waals surface area contributed by atoms with Crippen LogP contribution in [0.1, 0.15) is 4.11 Å². The zero-order valence-corrected chi connectivity index (χ0v) is 33.4. The van der Waals surface area contributed by atoms with Gasteiger partial charge in [-0.1, -0.05) is 206 Å². The van der Waals surface area contributed by atoms with Crippen molar-refractivity contribution < 1.29 is 4.11 Å². The van der Waals surface area contributed by atoms with E-state index in [1.165, 1.54) is 37.9 Å². The first kappa shape index (κ1) is 32.9. The summed E-state index contributed by atoms with van der Waals surface area (Å²) in [5.74, 6) is 0. The van der Waals surface area contributed by atoms with Crippen LogP contribution in [0.2, 0.25) is 0 Å². The molecule has 0 amide bonds. The Morgan fingerprint density at radius 1 is 0.295 bits per heavy atom. The van der Waals surface area contributed by atoms with Gasteiger partial charge in [0, 0.05) is 16.9 Å². The van der Waals surface area contributed by atoms with Crippen molar-refractivity contribution in [1.82, 2.24) is 0 Å². The number of anilines is 3. The fourth-order valence-corrected chi connectivity index (χ4v) is 8.75. The van der Waals surface area contributed by atoms with Crippen molar-refractivity contribution in [3.05, 3.63) is 249 Å². The second-order valence-electron chi connectivity index (χ2n) is 15.4. The molecule has 61 heavy (non-hydrogen) atoms. The number of hydrogen-bond donors (Lipinski definition) is 0. The van der Waals surface area contributed by atoms with Crippen LogP contribution < -0.4 is 4.90 Å². The summed E-state index contributed by atoms with van der Waals surface area (Å²) in [6, 6.07) is 79.7. The fourth-order valence-electron chi connectivity index (χ4n) is 8.75. The number of rotatable bonds is 8. The number of hydrogen-bond acceptors (Lipinski definition) is 1. The molecule has 0 bridgehead atoms. The first-order valence-corrected chi connectivity index (χ1v) is 20.8. The van der Waals surface area contributed by atoms with E-state index in [1.807, 2.05) is 60.7 Å².